The summed E-state index contributed by atoms with van der Waals surface area (Å²) in [5.74, 6) is -0.993. The van der Waals surface area contributed by atoms with Gasteiger partial charge in [0.15, 0.2) is 0 Å². The maximum atomic E-state index is 12.5. The van der Waals surface area contributed by atoms with Gasteiger partial charge in [0.2, 0.25) is 5.91 Å². The van der Waals surface area contributed by atoms with Crippen LogP contribution in [0.1, 0.15) is 13.8 Å². The van der Waals surface area contributed by atoms with Gasteiger partial charge in [-0.1, -0.05) is 0 Å². The van der Waals surface area contributed by atoms with Gasteiger partial charge in [-0.2, -0.15) is 0 Å². The molecule has 140 valence electrons. The molecule has 0 saturated heterocycles. The van der Waals surface area contributed by atoms with E-state index >= 15 is 0 Å². The molecule has 26 heavy (non-hydrogen) atoms. The smallest absolute Gasteiger partial charge is 0.354 e. The Bertz CT molecular complexity index is 769. The lowest BCUT2D eigenvalue weighted by molar-refractivity contribution is -0.138. The Morgan fingerprint density at radius 1 is 1.27 bits per heavy atom. The summed E-state index contributed by atoms with van der Waals surface area (Å²) in [6.45, 7) is 3.84. The van der Waals surface area contributed by atoms with Crippen molar-refractivity contribution in [2.24, 2.45) is 5.41 Å². The standard InChI is InChI=1S/C18H22N2O6/c1-18(2)10-26-14-8-11(6-7-13(14)20(3)17(18)23)19-12(16(22)25-5)9-15(21)24-4/h6-9,19H,10H2,1-5H3/b12-9+. The Hall–Kier alpha value is -3.03. The zero-order valence-corrected chi connectivity index (χ0v) is 15.4. The minimum absolute atomic E-state index is 0.0576. The van der Waals surface area contributed by atoms with E-state index in [4.69, 9.17) is 4.74 Å². The topological polar surface area (TPSA) is 94.2 Å². The number of hydrogen-bond acceptors (Lipinski definition) is 7. The van der Waals surface area contributed by atoms with E-state index in [0.717, 1.165) is 6.08 Å². The molecule has 1 N–H and O–H groups in total. The van der Waals surface area contributed by atoms with Crippen LogP contribution in [0.3, 0.4) is 0 Å². The molecule has 0 saturated carbocycles. The van der Waals surface area contributed by atoms with Crippen LogP contribution in [0.15, 0.2) is 30.0 Å². The van der Waals surface area contributed by atoms with Crippen molar-refractivity contribution >= 4 is 29.2 Å². The van der Waals surface area contributed by atoms with Gasteiger partial charge in [-0.3, -0.25) is 4.79 Å². The number of ether oxygens (including phenoxy) is 3. The average Bonchev–Trinajstić information content (AvgIpc) is 2.71. The number of hydrogen-bond donors (Lipinski definition) is 1. The van der Waals surface area contributed by atoms with Gasteiger partial charge in [0.25, 0.3) is 0 Å². The highest BCUT2D eigenvalue weighted by molar-refractivity contribution is 6.00. The van der Waals surface area contributed by atoms with Crippen LogP contribution in [-0.2, 0) is 23.9 Å². The third kappa shape index (κ3) is 3.96. The summed E-state index contributed by atoms with van der Waals surface area (Å²) in [5.41, 5.74) is 0.355. The van der Waals surface area contributed by atoms with Gasteiger partial charge in [0.1, 0.15) is 18.1 Å². The lowest BCUT2D eigenvalue weighted by Crippen LogP contribution is -2.39. The van der Waals surface area contributed by atoms with Crippen molar-refractivity contribution in [3.63, 3.8) is 0 Å². The molecule has 1 heterocycles. The van der Waals surface area contributed by atoms with Crippen molar-refractivity contribution in [1.29, 1.82) is 0 Å². The van der Waals surface area contributed by atoms with Gasteiger partial charge in [-0.05, 0) is 26.0 Å². The molecule has 1 aliphatic heterocycles. The van der Waals surface area contributed by atoms with Crippen molar-refractivity contribution in [1.82, 2.24) is 0 Å². The summed E-state index contributed by atoms with van der Waals surface area (Å²) in [6, 6.07) is 5.01. The normalized spacial score (nSPS) is 16.1. The molecule has 8 heteroatoms. The van der Waals surface area contributed by atoms with E-state index in [-0.39, 0.29) is 18.2 Å². The first-order valence-electron chi connectivity index (χ1n) is 7.89. The number of benzene rings is 1. The minimum atomic E-state index is -0.723. The molecule has 0 aliphatic carbocycles. The molecular formula is C18H22N2O6. The van der Waals surface area contributed by atoms with E-state index in [9.17, 15) is 14.4 Å². The van der Waals surface area contributed by atoms with Crippen LogP contribution in [0.25, 0.3) is 0 Å². The molecule has 0 bridgehead atoms. The molecule has 0 aromatic heterocycles. The fraction of sp³-hybridized carbons (Fsp3) is 0.389. The number of carbonyl (C=O) groups is 3. The van der Waals surface area contributed by atoms with E-state index in [2.05, 4.69) is 14.8 Å². The quantitative estimate of drug-likeness (QED) is 0.644. The highest BCUT2D eigenvalue weighted by Gasteiger charge is 2.36. The van der Waals surface area contributed by atoms with Gasteiger partial charge >= 0.3 is 11.9 Å². The summed E-state index contributed by atoms with van der Waals surface area (Å²) >= 11 is 0. The molecule has 1 amide bonds. The summed E-state index contributed by atoms with van der Waals surface area (Å²) in [6.07, 6.45) is 0.997. The van der Waals surface area contributed by atoms with Crippen LogP contribution < -0.4 is 15.0 Å². The molecular weight excluding hydrogens is 340 g/mol. The molecule has 8 nitrogen and oxygen atoms in total. The number of anilines is 2. The average molecular weight is 362 g/mol. The number of nitrogens with one attached hydrogen (secondary N) is 1. The summed E-state index contributed by atoms with van der Waals surface area (Å²) in [5, 5.41) is 2.81. The Morgan fingerprint density at radius 3 is 2.58 bits per heavy atom. The van der Waals surface area contributed by atoms with Crippen molar-refractivity contribution < 1.29 is 28.6 Å². The van der Waals surface area contributed by atoms with E-state index in [0.29, 0.717) is 17.1 Å². The fourth-order valence-electron chi connectivity index (χ4n) is 2.46. The Balaban J connectivity index is 2.35. The number of amides is 1. The molecule has 0 radical (unpaired) electrons. The van der Waals surface area contributed by atoms with Crippen molar-refractivity contribution in [2.75, 3.05) is 38.1 Å². The van der Waals surface area contributed by atoms with Crippen LogP contribution in [0.4, 0.5) is 11.4 Å². The number of rotatable bonds is 4. The summed E-state index contributed by atoms with van der Waals surface area (Å²) in [7, 11) is 4.10. The third-order valence-corrected chi connectivity index (χ3v) is 3.94. The monoisotopic (exact) mass is 362 g/mol. The Kier molecular flexibility index (Phi) is 5.54. The zero-order valence-electron chi connectivity index (χ0n) is 15.4. The first-order valence-corrected chi connectivity index (χ1v) is 7.89. The molecule has 1 aromatic carbocycles. The van der Waals surface area contributed by atoms with Crippen LogP contribution in [0.2, 0.25) is 0 Å². The number of fused-ring (bicyclic) bond motifs is 1. The first kappa shape index (κ1) is 19.3. The van der Waals surface area contributed by atoms with Crippen molar-refractivity contribution in [3.05, 3.63) is 30.0 Å². The summed E-state index contributed by atoms with van der Waals surface area (Å²) < 4.78 is 15.0. The van der Waals surface area contributed by atoms with Gasteiger partial charge in [0, 0.05) is 18.8 Å². The second-order valence-electron chi connectivity index (χ2n) is 6.42. The molecule has 2 rings (SSSR count). The van der Waals surface area contributed by atoms with Crippen LogP contribution in [-0.4, -0.2) is 45.7 Å². The predicted molar refractivity (Wildman–Crippen MR) is 94.9 cm³/mol. The first-order chi connectivity index (χ1) is 12.2. The summed E-state index contributed by atoms with van der Waals surface area (Å²) in [4.78, 5) is 37.3. The lowest BCUT2D eigenvalue weighted by Gasteiger charge is -2.24. The number of carbonyl (C=O) groups excluding carboxylic acids is 3. The van der Waals surface area contributed by atoms with Gasteiger partial charge in [0.05, 0.1) is 31.4 Å². The second kappa shape index (κ2) is 7.47. The number of esters is 2. The van der Waals surface area contributed by atoms with Crippen molar-refractivity contribution in [2.45, 2.75) is 13.8 Å². The van der Waals surface area contributed by atoms with Crippen molar-refractivity contribution in [3.8, 4) is 5.75 Å². The fourth-order valence-corrected chi connectivity index (χ4v) is 2.46. The lowest BCUT2D eigenvalue weighted by atomic mass is 9.93. The molecule has 0 fully saturated rings. The van der Waals surface area contributed by atoms with E-state index < -0.39 is 17.4 Å². The van der Waals surface area contributed by atoms with Crippen LogP contribution in [0, 0.1) is 5.41 Å². The molecule has 0 atom stereocenters. The predicted octanol–water partition coefficient (Wildman–Crippen LogP) is 1.71. The number of nitrogens with zero attached hydrogens (tertiary/aromatic N) is 1. The SMILES string of the molecule is COC(=O)/C=C(/Nc1ccc2c(c1)OCC(C)(C)C(=O)N2C)C(=O)OC. The highest BCUT2D eigenvalue weighted by atomic mass is 16.5. The molecule has 1 aromatic rings. The van der Waals surface area contributed by atoms with E-state index in [1.165, 1.54) is 19.1 Å². The number of methoxy groups -OCH3 is 2. The maximum absolute atomic E-state index is 12.5. The maximum Gasteiger partial charge on any atom is 0.354 e. The molecule has 0 spiro atoms. The zero-order chi connectivity index (χ0) is 19.5. The molecule has 1 aliphatic rings. The third-order valence-electron chi connectivity index (χ3n) is 3.94. The largest absolute Gasteiger partial charge is 0.490 e. The minimum Gasteiger partial charge on any atom is -0.490 e. The van der Waals surface area contributed by atoms with Gasteiger partial charge in [-0.15, -0.1) is 0 Å². The van der Waals surface area contributed by atoms with Crippen LogP contribution in [0.5, 0.6) is 5.75 Å². The molecule has 0 unspecified atom stereocenters. The van der Waals surface area contributed by atoms with Crippen LogP contribution >= 0.6 is 0 Å². The van der Waals surface area contributed by atoms with E-state index in [1.54, 1.807) is 25.2 Å². The Labute approximate surface area is 151 Å². The second-order valence-corrected chi connectivity index (χ2v) is 6.42. The van der Waals surface area contributed by atoms with Gasteiger partial charge in [-0.25, -0.2) is 9.59 Å². The highest BCUT2D eigenvalue weighted by Crippen LogP contribution is 2.37. The van der Waals surface area contributed by atoms with Gasteiger partial charge < -0.3 is 24.4 Å². The Morgan fingerprint density at radius 2 is 1.96 bits per heavy atom. The van der Waals surface area contributed by atoms with E-state index in [1.807, 2.05) is 13.8 Å².